The van der Waals surface area contributed by atoms with Crippen molar-refractivity contribution in [3.8, 4) is 11.1 Å². The minimum Gasteiger partial charge on any atom is -0.396 e. The van der Waals surface area contributed by atoms with Gasteiger partial charge in [-0.3, -0.25) is 4.79 Å². The first-order valence-electron chi connectivity index (χ1n) is 7.88. The lowest BCUT2D eigenvalue weighted by Gasteiger charge is -2.14. The van der Waals surface area contributed by atoms with Crippen molar-refractivity contribution in [2.24, 2.45) is 5.92 Å². The van der Waals surface area contributed by atoms with E-state index in [0.717, 1.165) is 25.0 Å². The van der Waals surface area contributed by atoms with Gasteiger partial charge in [0.15, 0.2) is 5.82 Å². The number of anilines is 1. The summed E-state index contributed by atoms with van der Waals surface area (Å²) in [5.74, 6) is -1.38. The summed E-state index contributed by atoms with van der Waals surface area (Å²) in [5.41, 5.74) is 5.00. The van der Waals surface area contributed by atoms with E-state index in [-0.39, 0.29) is 16.4 Å². The fourth-order valence-electron chi connectivity index (χ4n) is 2.98. The minimum atomic E-state index is -0.934. The SMILES string of the molecule is Nc1ccc(F)c(-c2cc3cnc(Cl)cc3n(CC3CC3)c2=O)c1F. The molecule has 0 saturated heterocycles. The van der Waals surface area contributed by atoms with Crippen molar-refractivity contribution in [3.63, 3.8) is 0 Å². The highest BCUT2D eigenvalue weighted by Gasteiger charge is 2.25. The molecule has 0 radical (unpaired) electrons. The number of benzene rings is 1. The van der Waals surface area contributed by atoms with Crippen molar-refractivity contribution in [1.82, 2.24) is 9.55 Å². The number of nitrogens with two attached hydrogens (primary N) is 1. The van der Waals surface area contributed by atoms with Crippen LogP contribution in [0.5, 0.6) is 0 Å². The van der Waals surface area contributed by atoms with Crippen molar-refractivity contribution in [1.29, 1.82) is 0 Å². The predicted octanol–water partition coefficient (Wildman–Crippen LogP) is 3.99. The molecule has 128 valence electrons. The molecule has 0 unspecified atom stereocenters. The molecule has 4 rings (SSSR count). The summed E-state index contributed by atoms with van der Waals surface area (Å²) in [4.78, 5) is 17.0. The Hall–Kier alpha value is -2.47. The fraction of sp³-hybridized carbons (Fsp3) is 0.222. The second kappa shape index (κ2) is 5.81. The molecule has 7 heteroatoms. The summed E-state index contributed by atoms with van der Waals surface area (Å²) in [5, 5.41) is 0.839. The Labute approximate surface area is 146 Å². The van der Waals surface area contributed by atoms with Gasteiger partial charge >= 0.3 is 0 Å². The summed E-state index contributed by atoms with van der Waals surface area (Å²) in [6.45, 7) is 0.481. The number of pyridine rings is 2. The highest BCUT2D eigenvalue weighted by Crippen LogP contribution is 2.33. The van der Waals surface area contributed by atoms with Crippen LogP contribution in [0.15, 0.2) is 35.3 Å². The van der Waals surface area contributed by atoms with Gasteiger partial charge in [-0.2, -0.15) is 0 Å². The van der Waals surface area contributed by atoms with E-state index < -0.39 is 22.8 Å². The third-order valence-electron chi connectivity index (χ3n) is 4.47. The van der Waals surface area contributed by atoms with Crippen molar-refractivity contribution >= 4 is 28.2 Å². The predicted molar refractivity (Wildman–Crippen MR) is 93.5 cm³/mol. The first kappa shape index (κ1) is 16.0. The molecule has 1 fully saturated rings. The van der Waals surface area contributed by atoms with Gasteiger partial charge in [0.1, 0.15) is 11.0 Å². The lowest BCUT2D eigenvalue weighted by Crippen LogP contribution is -2.24. The van der Waals surface area contributed by atoms with Gasteiger partial charge in [0, 0.05) is 18.1 Å². The minimum absolute atomic E-state index is 0.0698. The highest BCUT2D eigenvalue weighted by molar-refractivity contribution is 6.30. The Morgan fingerprint density at radius 2 is 2.04 bits per heavy atom. The zero-order valence-electron chi connectivity index (χ0n) is 13.1. The Kier molecular flexibility index (Phi) is 3.72. The van der Waals surface area contributed by atoms with E-state index in [1.54, 1.807) is 6.07 Å². The third kappa shape index (κ3) is 2.76. The van der Waals surface area contributed by atoms with Gasteiger partial charge in [-0.1, -0.05) is 11.6 Å². The van der Waals surface area contributed by atoms with Gasteiger partial charge in [-0.05, 0) is 43.0 Å². The molecular formula is C18H14ClF2N3O. The molecule has 2 N–H and O–H groups in total. The zero-order valence-corrected chi connectivity index (χ0v) is 13.9. The van der Waals surface area contributed by atoms with Crippen LogP contribution in [0, 0.1) is 17.6 Å². The third-order valence-corrected chi connectivity index (χ3v) is 4.68. The van der Waals surface area contributed by atoms with E-state index in [0.29, 0.717) is 23.4 Å². The summed E-state index contributed by atoms with van der Waals surface area (Å²) in [6.07, 6.45) is 3.54. The van der Waals surface area contributed by atoms with Crippen LogP contribution in [0.1, 0.15) is 12.8 Å². The molecule has 2 heterocycles. The summed E-state index contributed by atoms with van der Waals surface area (Å²) >= 11 is 5.96. The van der Waals surface area contributed by atoms with E-state index in [2.05, 4.69) is 4.98 Å². The van der Waals surface area contributed by atoms with Crippen molar-refractivity contribution < 1.29 is 8.78 Å². The van der Waals surface area contributed by atoms with Gasteiger partial charge < -0.3 is 10.3 Å². The molecule has 2 aromatic heterocycles. The molecule has 1 saturated carbocycles. The summed E-state index contributed by atoms with van der Waals surface area (Å²) < 4.78 is 30.3. The molecule has 1 aromatic carbocycles. The van der Waals surface area contributed by atoms with Crippen LogP contribution in [-0.2, 0) is 6.54 Å². The molecule has 3 aromatic rings. The summed E-state index contributed by atoms with van der Waals surface area (Å²) in [7, 11) is 0. The van der Waals surface area contributed by atoms with Crippen LogP contribution in [-0.4, -0.2) is 9.55 Å². The second-order valence-electron chi connectivity index (χ2n) is 6.31. The van der Waals surface area contributed by atoms with Crippen molar-refractivity contribution in [2.75, 3.05) is 5.73 Å². The molecule has 25 heavy (non-hydrogen) atoms. The second-order valence-corrected chi connectivity index (χ2v) is 6.70. The van der Waals surface area contributed by atoms with Gasteiger partial charge in [0.05, 0.1) is 22.3 Å². The quantitative estimate of drug-likeness (QED) is 0.567. The number of nitrogen functional groups attached to an aromatic ring is 1. The molecule has 0 aliphatic heterocycles. The maximum absolute atomic E-state index is 14.4. The van der Waals surface area contributed by atoms with E-state index in [9.17, 15) is 13.6 Å². The van der Waals surface area contributed by atoms with Crippen molar-refractivity contribution in [2.45, 2.75) is 19.4 Å². The maximum Gasteiger partial charge on any atom is 0.259 e. The molecule has 1 aliphatic rings. The van der Waals surface area contributed by atoms with E-state index in [1.807, 2.05) is 0 Å². The number of hydrogen-bond donors (Lipinski definition) is 1. The van der Waals surface area contributed by atoms with Crippen LogP contribution in [0.2, 0.25) is 5.15 Å². The normalized spacial score (nSPS) is 14.2. The maximum atomic E-state index is 14.4. The number of fused-ring (bicyclic) bond motifs is 1. The van der Waals surface area contributed by atoms with Gasteiger partial charge in [-0.25, -0.2) is 13.8 Å². The van der Waals surface area contributed by atoms with Crippen LogP contribution in [0.3, 0.4) is 0 Å². The summed E-state index contributed by atoms with van der Waals surface area (Å²) in [6, 6.07) is 5.23. The highest BCUT2D eigenvalue weighted by atomic mass is 35.5. The van der Waals surface area contributed by atoms with Crippen LogP contribution >= 0.6 is 11.6 Å². The molecule has 0 bridgehead atoms. The zero-order chi connectivity index (χ0) is 17.7. The average molecular weight is 362 g/mol. The van der Waals surface area contributed by atoms with Gasteiger partial charge in [0.25, 0.3) is 5.56 Å². The monoisotopic (exact) mass is 361 g/mol. The Bertz CT molecular complexity index is 1060. The molecular weight excluding hydrogens is 348 g/mol. The number of rotatable bonds is 3. The molecule has 4 nitrogen and oxygen atoms in total. The van der Waals surface area contributed by atoms with Gasteiger partial charge in [-0.15, -0.1) is 0 Å². The lowest BCUT2D eigenvalue weighted by molar-refractivity contribution is 0.590. The van der Waals surface area contributed by atoms with Crippen LogP contribution < -0.4 is 11.3 Å². The topological polar surface area (TPSA) is 60.9 Å². The Balaban J connectivity index is 2.06. The smallest absolute Gasteiger partial charge is 0.259 e. The van der Waals surface area contributed by atoms with Crippen LogP contribution in [0.4, 0.5) is 14.5 Å². The largest absolute Gasteiger partial charge is 0.396 e. The Morgan fingerprint density at radius 3 is 2.76 bits per heavy atom. The standard InChI is InChI=1S/C18H14ClF2N3O/c19-15-6-14-10(7-23-15)5-11(18(25)24(14)8-9-1-2-9)16-12(20)3-4-13(22)17(16)21/h3-7,9H,1-2,8,22H2. The first-order valence-corrected chi connectivity index (χ1v) is 8.26. The number of halogens is 3. The molecule has 0 atom stereocenters. The van der Waals surface area contributed by atoms with Gasteiger partial charge in [0.2, 0.25) is 0 Å². The van der Waals surface area contributed by atoms with Crippen LogP contribution in [0.25, 0.3) is 22.0 Å². The lowest BCUT2D eigenvalue weighted by atomic mass is 10.0. The van der Waals surface area contributed by atoms with E-state index in [1.165, 1.54) is 16.8 Å². The van der Waals surface area contributed by atoms with Crippen molar-refractivity contribution in [3.05, 3.63) is 57.6 Å². The average Bonchev–Trinajstić information content (AvgIpc) is 3.39. The first-order chi connectivity index (χ1) is 12.0. The van der Waals surface area contributed by atoms with E-state index >= 15 is 0 Å². The molecule has 1 aliphatic carbocycles. The Morgan fingerprint density at radius 1 is 1.28 bits per heavy atom. The number of aromatic nitrogens is 2. The van der Waals surface area contributed by atoms with E-state index in [4.69, 9.17) is 17.3 Å². The fourth-order valence-corrected chi connectivity index (χ4v) is 3.13. The number of nitrogens with zero attached hydrogens (tertiary/aromatic N) is 2. The molecule has 0 spiro atoms. The number of hydrogen-bond acceptors (Lipinski definition) is 3. The molecule has 0 amide bonds.